The van der Waals surface area contributed by atoms with Crippen LogP contribution in [-0.2, 0) is 0 Å². The summed E-state index contributed by atoms with van der Waals surface area (Å²) >= 11 is 0. The summed E-state index contributed by atoms with van der Waals surface area (Å²) in [6.07, 6.45) is 0. The first-order chi connectivity index (χ1) is 10.3. The van der Waals surface area contributed by atoms with Crippen LogP contribution in [0.5, 0.6) is 5.88 Å². The molecule has 0 spiro atoms. The number of aromatic nitrogens is 3. The fourth-order valence-electron chi connectivity index (χ4n) is 2.07. The zero-order chi connectivity index (χ0) is 14.7. The van der Waals surface area contributed by atoms with Crippen LogP contribution in [0.25, 0.3) is 22.6 Å². The number of hydrogen-bond donors (Lipinski definition) is 3. The molecule has 0 aliphatic carbocycles. The van der Waals surface area contributed by atoms with Crippen molar-refractivity contribution in [1.29, 1.82) is 0 Å². The SMILES string of the molecule is COc1ccc2[nH]c(-c3ccc(NCCO)cc3)nc2n1. The summed E-state index contributed by atoms with van der Waals surface area (Å²) < 4.78 is 5.10. The zero-order valence-corrected chi connectivity index (χ0v) is 11.6. The Labute approximate surface area is 121 Å². The number of nitrogens with one attached hydrogen (secondary N) is 2. The van der Waals surface area contributed by atoms with Gasteiger partial charge >= 0.3 is 0 Å². The lowest BCUT2D eigenvalue weighted by Crippen LogP contribution is -2.04. The van der Waals surface area contributed by atoms with Gasteiger partial charge in [-0.3, -0.25) is 0 Å². The molecule has 0 aliphatic rings. The van der Waals surface area contributed by atoms with Crippen LogP contribution >= 0.6 is 0 Å². The molecule has 0 aliphatic heterocycles. The van der Waals surface area contributed by atoms with Crippen molar-refractivity contribution in [1.82, 2.24) is 15.0 Å². The average molecular weight is 284 g/mol. The number of benzene rings is 1. The standard InChI is InChI=1S/C15H16N4O2/c1-21-13-7-6-12-15(18-13)19-14(17-12)10-2-4-11(5-3-10)16-8-9-20/h2-7,16,20H,8-9H2,1H3,(H,17,18,19). The Bertz CT molecular complexity index is 737. The molecule has 6 heteroatoms. The molecular weight excluding hydrogens is 268 g/mol. The number of aliphatic hydroxyl groups excluding tert-OH is 1. The minimum Gasteiger partial charge on any atom is -0.481 e. The van der Waals surface area contributed by atoms with Gasteiger partial charge in [0, 0.05) is 23.9 Å². The molecule has 0 radical (unpaired) electrons. The van der Waals surface area contributed by atoms with E-state index in [1.165, 1.54) is 0 Å². The summed E-state index contributed by atoms with van der Waals surface area (Å²) in [6, 6.07) is 11.5. The molecule has 3 N–H and O–H groups in total. The first-order valence-corrected chi connectivity index (χ1v) is 6.66. The van der Waals surface area contributed by atoms with Crippen LogP contribution in [0.1, 0.15) is 0 Å². The molecular formula is C15H16N4O2. The first kappa shape index (κ1) is 13.4. The quantitative estimate of drug-likeness (QED) is 0.668. The maximum atomic E-state index is 8.79. The number of aliphatic hydroxyl groups is 1. The summed E-state index contributed by atoms with van der Waals surface area (Å²) in [5.74, 6) is 1.31. The number of methoxy groups -OCH3 is 1. The van der Waals surface area contributed by atoms with Gasteiger partial charge in [0.05, 0.1) is 19.2 Å². The molecule has 0 atom stereocenters. The highest BCUT2D eigenvalue weighted by molar-refractivity contribution is 5.76. The van der Waals surface area contributed by atoms with Crippen LogP contribution in [0.3, 0.4) is 0 Å². The molecule has 0 bridgehead atoms. The number of imidazole rings is 1. The Morgan fingerprint density at radius 3 is 2.67 bits per heavy atom. The Kier molecular flexibility index (Phi) is 3.70. The maximum Gasteiger partial charge on any atom is 0.215 e. The van der Waals surface area contributed by atoms with Crippen molar-refractivity contribution in [2.24, 2.45) is 0 Å². The van der Waals surface area contributed by atoms with Gasteiger partial charge in [-0.25, -0.2) is 4.98 Å². The van der Waals surface area contributed by atoms with Crippen molar-refractivity contribution in [3.63, 3.8) is 0 Å². The molecule has 6 nitrogen and oxygen atoms in total. The Morgan fingerprint density at radius 2 is 1.95 bits per heavy atom. The minimum absolute atomic E-state index is 0.110. The summed E-state index contributed by atoms with van der Waals surface area (Å²) in [5, 5.41) is 11.9. The molecule has 0 saturated carbocycles. The van der Waals surface area contributed by atoms with Gasteiger partial charge in [0.2, 0.25) is 5.88 Å². The molecule has 0 fully saturated rings. The van der Waals surface area contributed by atoms with Crippen molar-refractivity contribution in [2.75, 3.05) is 25.6 Å². The molecule has 0 unspecified atom stereocenters. The van der Waals surface area contributed by atoms with E-state index >= 15 is 0 Å². The summed E-state index contributed by atoms with van der Waals surface area (Å²) in [5.41, 5.74) is 3.44. The summed E-state index contributed by atoms with van der Waals surface area (Å²) in [4.78, 5) is 12.0. The van der Waals surface area contributed by atoms with Crippen LogP contribution in [0.4, 0.5) is 5.69 Å². The van der Waals surface area contributed by atoms with Crippen LogP contribution in [0.15, 0.2) is 36.4 Å². The molecule has 2 aromatic heterocycles. The Hall–Kier alpha value is -2.60. The van der Waals surface area contributed by atoms with Gasteiger partial charge in [0.15, 0.2) is 5.65 Å². The molecule has 0 saturated heterocycles. The van der Waals surface area contributed by atoms with Gasteiger partial charge in [0.25, 0.3) is 0 Å². The van der Waals surface area contributed by atoms with E-state index in [1.54, 1.807) is 13.2 Å². The van der Waals surface area contributed by atoms with Crippen molar-refractivity contribution in [3.05, 3.63) is 36.4 Å². The van der Waals surface area contributed by atoms with Gasteiger partial charge in [-0.2, -0.15) is 4.98 Å². The number of pyridine rings is 1. The van der Waals surface area contributed by atoms with Crippen LogP contribution in [0, 0.1) is 0 Å². The lowest BCUT2D eigenvalue weighted by atomic mass is 10.2. The highest BCUT2D eigenvalue weighted by Crippen LogP contribution is 2.22. The van der Waals surface area contributed by atoms with E-state index in [4.69, 9.17) is 9.84 Å². The maximum absolute atomic E-state index is 8.79. The van der Waals surface area contributed by atoms with E-state index in [2.05, 4.69) is 20.3 Å². The molecule has 108 valence electrons. The molecule has 21 heavy (non-hydrogen) atoms. The van der Waals surface area contributed by atoms with Gasteiger partial charge in [-0.1, -0.05) is 0 Å². The number of nitrogens with zero attached hydrogens (tertiary/aromatic N) is 2. The van der Waals surface area contributed by atoms with Crippen molar-refractivity contribution in [2.45, 2.75) is 0 Å². The number of fused-ring (bicyclic) bond motifs is 1. The second-order valence-electron chi connectivity index (χ2n) is 4.54. The fourth-order valence-corrected chi connectivity index (χ4v) is 2.07. The van der Waals surface area contributed by atoms with E-state index < -0.39 is 0 Å². The number of hydrogen-bond acceptors (Lipinski definition) is 5. The average Bonchev–Trinajstić information content (AvgIpc) is 2.96. The fraction of sp³-hybridized carbons (Fsp3) is 0.200. The summed E-state index contributed by atoms with van der Waals surface area (Å²) in [6.45, 7) is 0.645. The lowest BCUT2D eigenvalue weighted by Gasteiger charge is -2.04. The molecule has 3 aromatic rings. The largest absolute Gasteiger partial charge is 0.481 e. The molecule has 0 amide bonds. The topological polar surface area (TPSA) is 83.1 Å². The van der Waals surface area contributed by atoms with Gasteiger partial charge in [-0.15, -0.1) is 0 Å². The van der Waals surface area contributed by atoms with E-state index in [9.17, 15) is 0 Å². The van der Waals surface area contributed by atoms with E-state index in [0.29, 0.717) is 18.1 Å². The van der Waals surface area contributed by atoms with E-state index in [-0.39, 0.29) is 6.61 Å². The highest BCUT2D eigenvalue weighted by Gasteiger charge is 2.07. The van der Waals surface area contributed by atoms with Gasteiger partial charge in [0.1, 0.15) is 5.82 Å². The van der Waals surface area contributed by atoms with Crippen LogP contribution < -0.4 is 10.1 Å². The molecule has 1 aromatic carbocycles. The number of H-pyrrole nitrogens is 1. The predicted octanol–water partition coefficient (Wildman–Crippen LogP) is 2.04. The van der Waals surface area contributed by atoms with Gasteiger partial charge in [-0.05, 0) is 30.3 Å². The summed E-state index contributed by atoms with van der Waals surface area (Å²) in [7, 11) is 1.58. The number of ether oxygens (including phenoxy) is 1. The highest BCUT2D eigenvalue weighted by atomic mass is 16.5. The van der Waals surface area contributed by atoms with Gasteiger partial charge < -0.3 is 20.1 Å². The van der Waals surface area contributed by atoms with Crippen LogP contribution in [0.2, 0.25) is 0 Å². The third kappa shape index (κ3) is 2.80. The number of rotatable bonds is 5. The van der Waals surface area contributed by atoms with Crippen molar-refractivity contribution >= 4 is 16.9 Å². The molecule has 2 heterocycles. The third-order valence-corrected chi connectivity index (χ3v) is 3.13. The van der Waals surface area contributed by atoms with E-state index in [0.717, 1.165) is 22.6 Å². The Morgan fingerprint density at radius 1 is 1.14 bits per heavy atom. The van der Waals surface area contributed by atoms with E-state index in [1.807, 2.05) is 30.3 Å². The van der Waals surface area contributed by atoms with Crippen LogP contribution in [-0.4, -0.2) is 40.3 Å². The second kappa shape index (κ2) is 5.80. The molecule has 3 rings (SSSR count). The lowest BCUT2D eigenvalue weighted by molar-refractivity contribution is 0.311. The first-order valence-electron chi connectivity index (χ1n) is 6.66. The van der Waals surface area contributed by atoms with Crippen molar-refractivity contribution < 1.29 is 9.84 Å². The number of aromatic amines is 1. The third-order valence-electron chi connectivity index (χ3n) is 3.13. The van der Waals surface area contributed by atoms with Crippen molar-refractivity contribution in [3.8, 4) is 17.3 Å². The smallest absolute Gasteiger partial charge is 0.215 e. The Balaban J connectivity index is 1.89. The zero-order valence-electron chi connectivity index (χ0n) is 11.6. The normalized spacial score (nSPS) is 10.8. The predicted molar refractivity (Wildman–Crippen MR) is 81.5 cm³/mol. The number of anilines is 1. The monoisotopic (exact) mass is 284 g/mol. The minimum atomic E-state index is 0.110. The second-order valence-corrected chi connectivity index (χ2v) is 4.54.